The molecule has 2 atom stereocenters. The summed E-state index contributed by atoms with van der Waals surface area (Å²) in [4.78, 5) is 4.07. The fraction of sp³-hybridized carbons (Fsp3) is 0.529. The van der Waals surface area contributed by atoms with E-state index in [9.17, 15) is 5.11 Å². The topological polar surface area (TPSA) is 53.8 Å². The quantitative estimate of drug-likeness (QED) is 0.668. The Labute approximate surface area is 157 Å². The second-order valence-electron chi connectivity index (χ2n) is 7.05. The lowest BCUT2D eigenvalue weighted by Crippen LogP contribution is -2.36. The number of hydrogen-bond donors (Lipinski definition) is 2. The van der Waals surface area contributed by atoms with Crippen molar-refractivity contribution in [2.24, 2.45) is 5.41 Å². The maximum Gasteiger partial charge on any atom is 0.216 e. The molecule has 0 aliphatic heterocycles. The molecular formula is C17H23Cl2N3OS. The predicted octanol–water partition coefficient (Wildman–Crippen LogP) is 5.22. The van der Waals surface area contributed by atoms with E-state index in [1.807, 2.05) is 32.9 Å². The first-order chi connectivity index (χ1) is 11.2. The Kier molecular flexibility index (Phi) is 6.48. The fourth-order valence-corrected chi connectivity index (χ4v) is 3.48. The van der Waals surface area contributed by atoms with Crippen molar-refractivity contribution >= 4 is 35.4 Å². The first-order valence-electron chi connectivity index (χ1n) is 7.94. The lowest BCUT2D eigenvalue weighted by atomic mass is 9.83. The molecule has 7 heteroatoms. The molecule has 0 radical (unpaired) electrons. The summed E-state index contributed by atoms with van der Waals surface area (Å²) in [7, 11) is 0. The van der Waals surface area contributed by atoms with Crippen LogP contribution in [0.2, 0.25) is 10.0 Å². The Morgan fingerprint density at radius 2 is 2.04 bits per heavy atom. The number of halogens is 2. The zero-order valence-corrected chi connectivity index (χ0v) is 16.4. The predicted molar refractivity (Wildman–Crippen MR) is 101 cm³/mol. The van der Waals surface area contributed by atoms with Gasteiger partial charge in [0.1, 0.15) is 6.33 Å². The number of aliphatic hydroxyl groups is 1. The van der Waals surface area contributed by atoms with Crippen LogP contribution in [0.4, 0.5) is 0 Å². The van der Waals surface area contributed by atoms with E-state index in [4.69, 9.17) is 35.4 Å². The molecule has 0 unspecified atom stereocenters. The minimum Gasteiger partial charge on any atom is -0.390 e. The molecule has 1 heterocycles. The Morgan fingerprint density at radius 3 is 2.58 bits per heavy atom. The van der Waals surface area contributed by atoms with Crippen LogP contribution in [-0.2, 0) is 6.42 Å². The van der Waals surface area contributed by atoms with Gasteiger partial charge in [0, 0.05) is 10.0 Å². The molecule has 2 aromatic rings. The van der Waals surface area contributed by atoms with Crippen molar-refractivity contribution in [1.82, 2.24) is 14.8 Å². The molecule has 0 aliphatic rings. The van der Waals surface area contributed by atoms with E-state index >= 15 is 0 Å². The lowest BCUT2D eigenvalue weighted by Gasteiger charge is -2.33. The average molecular weight is 388 g/mol. The Bertz CT molecular complexity index is 736. The number of aryl methyl sites for hydroxylation is 1. The van der Waals surface area contributed by atoms with E-state index in [-0.39, 0.29) is 11.5 Å². The van der Waals surface area contributed by atoms with Crippen LogP contribution in [-0.4, -0.2) is 26.0 Å². The van der Waals surface area contributed by atoms with Crippen LogP contribution in [0, 0.1) is 10.2 Å². The van der Waals surface area contributed by atoms with Gasteiger partial charge in [-0.05, 0) is 54.6 Å². The van der Waals surface area contributed by atoms with Gasteiger partial charge in [-0.1, -0.05) is 50.0 Å². The normalized spacial score (nSPS) is 14.6. The van der Waals surface area contributed by atoms with Crippen LogP contribution in [0.5, 0.6) is 0 Å². The van der Waals surface area contributed by atoms with E-state index in [1.54, 1.807) is 17.1 Å². The van der Waals surface area contributed by atoms with Crippen LogP contribution in [0.25, 0.3) is 0 Å². The third-order valence-corrected chi connectivity index (χ3v) is 5.01. The Hall–Kier alpha value is -0.880. The number of benzene rings is 1. The molecular weight excluding hydrogens is 365 g/mol. The van der Waals surface area contributed by atoms with Crippen molar-refractivity contribution in [1.29, 1.82) is 0 Å². The summed E-state index contributed by atoms with van der Waals surface area (Å²) in [5, 5.41) is 15.1. The first kappa shape index (κ1) is 19.4. The van der Waals surface area contributed by atoms with Crippen molar-refractivity contribution in [2.75, 3.05) is 0 Å². The van der Waals surface area contributed by atoms with E-state index in [2.05, 4.69) is 10.1 Å². The summed E-state index contributed by atoms with van der Waals surface area (Å²) in [6.07, 6.45) is 3.43. The molecule has 0 spiro atoms. The monoisotopic (exact) mass is 387 g/mol. The molecule has 24 heavy (non-hydrogen) atoms. The summed E-state index contributed by atoms with van der Waals surface area (Å²) >= 11 is 17.4. The van der Waals surface area contributed by atoms with Crippen LogP contribution in [0.3, 0.4) is 0 Å². The second-order valence-corrected chi connectivity index (χ2v) is 8.25. The SMILES string of the molecule is CC(C)(C)[C@H](O)[C@H](CCCc1ccc(Cl)cc1Cl)n1[nH]cnc1=S. The van der Waals surface area contributed by atoms with Gasteiger partial charge in [-0.25, -0.2) is 4.98 Å². The minimum atomic E-state index is -0.551. The highest BCUT2D eigenvalue weighted by Gasteiger charge is 2.32. The maximum absolute atomic E-state index is 10.8. The fourth-order valence-electron chi connectivity index (χ4n) is 2.73. The number of aliphatic hydroxyl groups excluding tert-OH is 1. The average Bonchev–Trinajstić information content (AvgIpc) is 2.90. The van der Waals surface area contributed by atoms with E-state index in [1.165, 1.54) is 0 Å². The molecule has 2 rings (SSSR count). The highest BCUT2D eigenvalue weighted by atomic mass is 35.5. The second kappa shape index (κ2) is 8.00. The van der Waals surface area contributed by atoms with E-state index in [0.29, 0.717) is 14.8 Å². The summed E-state index contributed by atoms with van der Waals surface area (Å²) in [5.41, 5.74) is 0.793. The Balaban J connectivity index is 2.12. The molecule has 4 nitrogen and oxygen atoms in total. The number of rotatable bonds is 6. The van der Waals surface area contributed by atoms with E-state index in [0.717, 1.165) is 24.8 Å². The van der Waals surface area contributed by atoms with Crippen LogP contribution in [0.15, 0.2) is 24.5 Å². The molecule has 132 valence electrons. The van der Waals surface area contributed by atoms with Crippen LogP contribution < -0.4 is 0 Å². The van der Waals surface area contributed by atoms with Crippen LogP contribution in [0.1, 0.15) is 45.2 Å². The van der Waals surface area contributed by atoms with E-state index < -0.39 is 6.10 Å². The molecule has 1 aromatic carbocycles. The van der Waals surface area contributed by atoms with Gasteiger partial charge >= 0.3 is 0 Å². The number of hydrogen-bond acceptors (Lipinski definition) is 3. The van der Waals surface area contributed by atoms with Gasteiger partial charge in [-0.15, -0.1) is 0 Å². The lowest BCUT2D eigenvalue weighted by molar-refractivity contribution is 0.00820. The summed E-state index contributed by atoms with van der Waals surface area (Å²) < 4.78 is 2.22. The zero-order valence-electron chi connectivity index (χ0n) is 14.1. The highest BCUT2D eigenvalue weighted by Crippen LogP contribution is 2.32. The molecule has 0 amide bonds. The smallest absolute Gasteiger partial charge is 0.216 e. The van der Waals surface area contributed by atoms with Gasteiger partial charge in [0.05, 0.1) is 12.1 Å². The van der Waals surface area contributed by atoms with Gasteiger partial charge in [0.25, 0.3) is 0 Å². The van der Waals surface area contributed by atoms with Gasteiger partial charge in [0.2, 0.25) is 4.77 Å². The Morgan fingerprint density at radius 1 is 1.33 bits per heavy atom. The van der Waals surface area contributed by atoms with Gasteiger partial charge in [-0.3, -0.25) is 9.78 Å². The summed E-state index contributed by atoms with van der Waals surface area (Å²) in [6.45, 7) is 6.04. The number of nitrogens with zero attached hydrogens (tertiary/aromatic N) is 2. The van der Waals surface area contributed by atoms with Gasteiger partial charge in [0.15, 0.2) is 0 Å². The molecule has 0 aliphatic carbocycles. The van der Waals surface area contributed by atoms with Crippen molar-refractivity contribution in [3.63, 3.8) is 0 Å². The zero-order chi connectivity index (χ0) is 17.9. The van der Waals surface area contributed by atoms with Gasteiger partial charge < -0.3 is 5.11 Å². The van der Waals surface area contributed by atoms with Gasteiger partial charge in [-0.2, -0.15) is 0 Å². The summed E-state index contributed by atoms with van der Waals surface area (Å²) in [6, 6.07) is 5.38. The van der Waals surface area contributed by atoms with Crippen molar-refractivity contribution < 1.29 is 5.11 Å². The maximum atomic E-state index is 10.8. The number of aromatic nitrogens is 3. The molecule has 0 saturated heterocycles. The number of nitrogens with one attached hydrogen (secondary N) is 1. The molecule has 0 bridgehead atoms. The summed E-state index contributed by atoms with van der Waals surface area (Å²) in [5.74, 6) is 0. The molecule has 0 saturated carbocycles. The standard InChI is InChI=1S/C17H23Cl2N3OS/c1-17(2,3)15(23)14(22-16(24)20-10-21-22)6-4-5-11-7-8-12(18)9-13(11)19/h7-10,14-15,23H,4-6H2,1-3H3,(H,20,21,24)/t14-,15+/m0/s1. The number of aromatic amines is 1. The third-order valence-electron chi connectivity index (χ3n) is 4.12. The number of H-pyrrole nitrogens is 1. The van der Waals surface area contributed by atoms with Crippen molar-refractivity contribution in [3.8, 4) is 0 Å². The van der Waals surface area contributed by atoms with Crippen molar-refractivity contribution in [2.45, 2.75) is 52.2 Å². The molecule has 0 fully saturated rings. The van der Waals surface area contributed by atoms with Crippen LogP contribution >= 0.6 is 35.4 Å². The third kappa shape index (κ3) is 4.82. The van der Waals surface area contributed by atoms with Crippen molar-refractivity contribution in [3.05, 3.63) is 44.9 Å². The minimum absolute atomic E-state index is 0.161. The largest absolute Gasteiger partial charge is 0.390 e. The highest BCUT2D eigenvalue weighted by molar-refractivity contribution is 7.71. The first-order valence-corrected chi connectivity index (χ1v) is 9.10. The molecule has 1 aromatic heterocycles. The molecule has 2 N–H and O–H groups in total.